The number of unbranched alkanes of at least 4 members (excludes halogenated alkanes) is 1. The Labute approximate surface area is 183 Å². The summed E-state index contributed by atoms with van der Waals surface area (Å²) in [6.07, 6.45) is 19.6. The molecule has 0 saturated heterocycles. The monoisotopic (exact) mass is 411 g/mol. The first-order valence-corrected chi connectivity index (χ1v) is 12.6. The lowest BCUT2D eigenvalue weighted by Crippen LogP contribution is -2.46. The summed E-state index contributed by atoms with van der Waals surface area (Å²) in [6.45, 7) is 4.69. The Morgan fingerprint density at radius 3 is 2.33 bits per heavy atom. The largest absolute Gasteiger partial charge is 0.338 e. The summed E-state index contributed by atoms with van der Waals surface area (Å²) < 4.78 is 0. The van der Waals surface area contributed by atoms with Gasteiger partial charge in [-0.1, -0.05) is 13.3 Å². The van der Waals surface area contributed by atoms with E-state index in [1.165, 1.54) is 56.9 Å². The molecule has 1 aromatic rings. The second-order valence-electron chi connectivity index (χ2n) is 10.6. The van der Waals surface area contributed by atoms with Crippen LogP contribution in [0.4, 0.5) is 4.79 Å². The Morgan fingerprint density at radius 2 is 1.70 bits per heavy atom. The molecule has 0 unspecified atom stereocenters. The Morgan fingerprint density at radius 1 is 1.03 bits per heavy atom. The van der Waals surface area contributed by atoms with Crippen LogP contribution in [0.2, 0.25) is 0 Å². The van der Waals surface area contributed by atoms with Crippen molar-refractivity contribution in [1.29, 1.82) is 0 Å². The van der Waals surface area contributed by atoms with Gasteiger partial charge in [0.25, 0.3) is 0 Å². The molecule has 0 atom stereocenters. The van der Waals surface area contributed by atoms with Crippen molar-refractivity contribution in [2.45, 2.75) is 84.0 Å². The van der Waals surface area contributed by atoms with Gasteiger partial charge < -0.3 is 10.2 Å². The predicted molar refractivity (Wildman–Crippen MR) is 122 cm³/mol. The second kappa shape index (κ2) is 10.2. The summed E-state index contributed by atoms with van der Waals surface area (Å²) in [6, 6.07) is 4.23. The molecule has 4 aliphatic rings. The number of urea groups is 1. The van der Waals surface area contributed by atoms with Gasteiger partial charge in [-0.05, 0) is 111 Å². The van der Waals surface area contributed by atoms with Crippen LogP contribution in [0, 0.1) is 23.2 Å². The average molecular weight is 412 g/mol. The van der Waals surface area contributed by atoms with Crippen LogP contribution in [0.5, 0.6) is 0 Å². The van der Waals surface area contributed by atoms with Crippen LogP contribution in [0.3, 0.4) is 0 Å². The number of hydrogen-bond donors (Lipinski definition) is 1. The minimum absolute atomic E-state index is 0.126. The number of carbonyl (C=O) groups excluding carboxylic acids is 1. The molecular formula is C26H41N3O. The molecule has 0 aromatic carbocycles. The Bertz CT molecular complexity index is 639. The van der Waals surface area contributed by atoms with Crippen molar-refractivity contribution in [2.75, 3.05) is 19.6 Å². The van der Waals surface area contributed by atoms with E-state index in [0.29, 0.717) is 5.41 Å². The van der Waals surface area contributed by atoms with Crippen LogP contribution in [-0.2, 0) is 6.42 Å². The van der Waals surface area contributed by atoms with Gasteiger partial charge in [-0.15, -0.1) is 0 Å². The summed E-state index contributed by atoms with van der Waals surface area (Å²) in [5, 5.41) is 3.14. The Balaban J connectivity index is 1.15. The van der Waals surface area contributed by atoms with E-state index in [1.54, 1.807) is 0 Å². The van der Waals surface area contributed by atoms with Crippen LogP contribution < -0.4 is 5.32 Å². The topological polar surface area (TPSA) is 45.2 Å². The van der Waals surface area contributed by atoms with Crippen molar-refractivity contribution in [1.82, 2.24) is 15.2 Å². The zero-order chi connectivity index (χ0) is 20.8. The number of rotatable bonds is 11. The lowest BCUT2D eigenvalue weighted by molar-refractivity contribution is -0.0584. The molecule has 4 fully saturated rings. The van der Waals surface area contributed by atoms with Crippen molar-refractivity contribution >= 4 is 6.03 Å². The van der Waals surface area contributed by atoms with Crippen molar-refractivity contribution in [3.63, 3.8) is 0 Å². The quantitative estimate of drug-likeness (QED) is 0.466. The zero-order valence-electron chi connectivity index (χ0n) is 19.0. The molecule has 1 N–H and O–H groups in total. The molecular weight excluding hydrogens is 370 g/mol. The van der Waals surface area contributed by atoms with Crippen molar-refractivity contribution in [2.24, 2.45) is 23.2 Å². The van der Waals surface area contributed by atoms with Crippen molar-refractivity contribution in [3.05, 3.63) is 30.1 Å². The SMILES string of the molecule is CCCN(CCCCC12CC3CC(CC(C3)C1)C2)C(=O)NCCCc1ccncc1. The standard InChI is InChI=1S/C26H41N3O/c1-2-13-29(25(30)28-10-5-6-21-7-11-27-12-8-21)14-4-3-9-26-18-22-15-23(19-26)17-24(16-22)20-26/h7-8,11-12,22-24H,2-6,9-10,13-20H2,1H3,(H,28,30). The number of aryl methyl sites for hydroxylation is 1. The molecule has 1 heterocycles. The van der Waals surface area contributed by atoms with E-state index in [0.717, 1.165) is 63.1 Å². The van der Waals surface area contributed by atoms with Gasteiger partial charge in [0.1, 0.15) is 0 Å². The third-order valence-electron chi connectivity index (χ3n) is 8.00. The van der Waals surface area contributed by atoms with E-state index in [-0.39, 0.29) is 6.03 Å². The number of hydrogen-bond acceptors (Lipinski definition) is 2. The highest BCUT2D eigenvalue weighted by Gasteiger charge is 2.50. The minimum Gasteiger partial charge on any atom is -0.338 e. The zero-order valence-corrected chi connectivity index (χ0v) is 19.0. The van der Waals surface area contributed by atoms with E-state index < -0.39 is 0 Å². The molecule has 0 radical (unpaired) electrons. The van der Waals surface area contributed by atoms with Gasteiger partial charge in [-0.3, -0.25) is 4.98 Å². The molecule has 0 spiro atoms. The van der Waals surface area contributed by atoms with Gasteiger partial charge in [0.05, 0.1) is 0 Å². The van der Waals surface area contributed by atoms with Crippen LogP contribution in [-0.4, -0.2) is 35.5 Å². The maximum atomic E-state index is 12.7. The molecule has 4 saturated carbocycles. The normalized spacial score (nSPS) is 29.2. The smallest absolute Gasteiger partial charge is 0.317 e. The first-order chi connectivity index (χ1) is 14.7. The fourth-order valence-electron chi connectivity index (χ4n) is 7.13. The van der Waals surface area contributed by atoms with E-state index >= 15 is 0 Å². The molecule has 1 aromatic heterocycles. The van der Waals surface area contributed by atoms with Crippen molar-refractivity contribution in [3.8, 4) is 0 Å². The van der Waals surface area contributed by atoms with Crippen LogP contribution in [0.1, 0.15) is 83.1 Å². The van der Waals surface area contributed by atoms with E-state index in [4.69, 9.17) is 0 Å². The highest BCUT2D eigenvalue weighted by atomic mass is 16.2. The second-order valence-corrected chi connectivity index (χ2v) is 10.6. The number of amides is 2. The molecule has 2 amide bonds. The third-order valence-corrected chi connectivity index (χ3v) is 8.00. The van der Waals surface area contributed by atoms with Gasteiger partial charge in [-0.2, -0.15) is 0 Å². The third kappa shape index (κ3) is 5.56. The number of nitrogens with zero attached hydrogens (tertiary/aromatic N) is 2. The summed E-state index contributed by atoms with van der Waals surface area (Å²) >= 11 is 0. The average Bonchev–Trinajstić information content (AvgIpc) is 2.73. The fourth-order valence-corrected chi connectivity index (χ4v) is 7.13. The van der Waals surface area contributed by atoms with Gasteiger partial charge in [-0.25, -0.2) is 4.79 Å². The lowest BCUT2D eigenvalue weighted by atomic mass is 9.48. The predicted octanol–water partition coefficient (Wildman–Crippen LogP) is 5.82. The first-order valence-electron chi connectivity index (χ1n) is 12.6. The number of carbonyl (C=O) groups is 1. The maximum Gasteiger partial charge on any atom is 0.317 e. The summed E-state index contributed by atoms with van der Waals surface area (Å²) in [5.41, 5.74) is 1.97. The van der Waals surface area contributed by atoms with E-state index in [2.05, 4.69) is 29.4 Å². The Kier molecular flexibility index (Phi) is 7.32. The van der Waals surface area contributed by atoms with Crippen LogP contribution in [0.15, 0.2) is 24.5 Å². The van der Waals surface area contributed by atoms with Crippen LogP contribution >= 0.6 is 0 Å². The minimum atomic E-state index is 0.126. The first kappa shape index (κ1) is 21.6. The highest BCUT2D eigenvalue weighted by Crippen LogP contribution is 2.61. The van der Waals surface area contributed by atoms with E-state index in [1.807, 2.05) is 17.3 Å². The van der Waals surface area contributed by atoms with Crippen LogP contribution in [0.25, 0.3) is 0 Å². The molecule has 5 rings (SSSR count). The molecule has 4 bridgehead atoms. The lowest BCUT2D eigenvalue weighted by Gasteiger charge is -2.57. The molecule has 4 nitrogen and oxygen atoms in total. The summed E-state index contributed by atoms with van der Waals surface area (Å²) in [5.74, 6) is 3.14. The molecule has 0 aliphatic heterocycles. The van der Waals surface area contributed by atoms with Gasteiger partial charge in [0, 0.05) is 32.0 Å². The molecule has 30 heavy (non-hydrogen) atoms. The summed E-state index contributed by atoms with van der Waals surface area (Å²) in [4.78, 5) is 18.8. The van der Waals surface area contributed by atoms with Crippen molar-refractivity contribution < 1.29 is 4.79 Å². The van der Waals surface area contributed by atoms with Gasteiger partial charge >= 0.3 is 6.03 Å². The Hall–Kier alpha value is -1.58. The molecule has 4 heteroatoms. The summed E-state index contributed by atoms with van der Waals surface area (Å²) in [7, 11) is 0. The number of aromatic nitrogens is 1. The molecule has 166 valence electrons. The number of pyridine rings is 1. The number of nitrogens with one attached hydrogen (secondary N) is 1. The fraction of sp³-hybridized carbons (Fsp3) is 0.769. The highest BCUT2D eigenvalue weighted by molar-refractivity contribution is 5.74. The van der Waals surface area contributed by atoms with E-state index in [9.17, 15) is 4.79 Å². The van der Waals surface area contributed by atoms with Gasteiger partial charge in [0.2, 0.25) is 0 Å². The van der Waals surface area contributed by atoms with Gasteiger partial charge in [0.15, 0.2) is 0 Å². The maximum absolute atomic E-state index is 12.7. The molecule has 4 aliphatic carbocycles.